The summed E-state index contributed by atoms with van der Waals surface area (Å²) in [7, 11) is 0. The van der Waals surface area contributed by atoms with E-state index in [4.69, 9.17) is 11.6 Å². The second-order valence-corrected chi connectivity index (χ2v) is 3.82. The molecule has 0 spiro atoms. The first-order chi connectivity index (χ1) is 6.15. The van der Waals surface area contributed by atoms with Crippen LogP contribution in [0.5, 0.6) is 0 Å². The molecule has 0 heterocycles. The maximum absolute atomic E-state index is 11.0. The van der Waals surface area contributed by atoms with Gasteiger partial charge in [0.05, 0.1) is 20.9 Å². The third-order valence-corrected chi connectivity index (χ3v) is 3.05. The van der Waals surface area contributed by atoms with E-state index in [2.05, 4.69) is 33.9 Å². The van der Waals surface area contributed by atoms with Crippen LogP contribution in [-0.2, 0) is 4.79 Å². The maximum atomic E-state index is 11.0. The van der Waals surface area contributed by atoms with Gasteiger partial charge in [-0.25, -0.2) is 0 Å². The van der Waals surface area contributed by atoms with Crippen LogP contribution in [0.4, 0.5) is 5.69 Å². The summed E-state index contributed by atoms with van der Waals surface area (Å²) in [6, 6.07) is 5.26. The predicted molar refractivity (Wildman–Crippen MR) is 61.6 cm³/mol. The average Bonchev–Trinajstić information content (AvgIpc) is 2.13. The van der Waals surface area contributed by atoms with Crippen molar-refractivity contribution in [2.24, 2.45) is 0 Å². The van der Waals surface area contributed by atoms with Crippen molar-refractivity contribution in [2.45, 2.75) is 0 Å². The second kappa shape index (κ2) is 4.88. The Morgan fingerprint density at radius 1 is 1.62 bits per heavy atom. The van der Waals surface area contributed by atoms with Crippen LogP contribution < -0.4 is 5.32 Å². The first kappa shape index (κ1) is 10.9. The molecule has 5 heteroatoms. The summed E-state index contributed by atoms with van der Waals surface area (Å²) in [5, 5.41) is 3.22. The maximum Gasteiger partial charge on any atom is 0.234 e. The highest BCUT2D eigenvalue weighted by Gasteiger charge is 2.05. The average molecular weight is 281 g/mol. The molecule has 13 heavy (non-hydrogen) atoms. The van der Waals surface area contributed by atoms with Gasteiger partial charge in [0.25, 0.3) is 0 Å². The van der Waals surface area contributed by atoms with E-state index in [9.17, 15) is 4.79 Å². The van der Waals surface area contributed by atoms with Crippen LogP contribution in [0, 0.1) is 0 Å². The summed E-state index contributed by atoms with van der Waals surface area (Å²) in [5.41, 5.74) is 0.659. The first-order valence-corrected chi connectivity index (χ1v) is 5.30. The molecule has 1 aromatic rings. The molecule has 0 atom stereocenters. The Labute approximate surface area is 95.2 Å². The summed E-state index contributed by atoms with van der Waals surface area (Å²) >= 11 is 12.9. The van der Waals surface area contributed by atoms with E-state index in [-0.39, 0.29) is 11.7 Å². The van der Waals surface area contributed by atoms with Gasteiger partial charge >= 0.3 is 0 Å². The van der Waals surface area contributed by atoms with Gasteiger partial charge in [0.15, 0.2) is 0 Å². The van der Waals surface area contributed by atoms with Crippen LogP contribution >= 0.6 is 40.2 Å². The third kappa shape index (κ3) is 2.90. The van der Waals surface area contributed by atoms with Gasteiger partial charge in [-0.05, 0) is 28.1 Å². The number of carbonyl (C=O) groups excluding carboxylic acids is 1. The number of rotatable bonds is 2. The lowest BCUT2D eigenvalue weighted by Crippen LogP contribution is -2.12. The lowest BCUT2D eigenvalue weighted by molar-refractivity contribution is -0.113. The van der Waals surface area contributed by atoms with Crippen LogP contribution in [-0.4, -0.2) is 11.7 Å². The molecule has 0 aliphatic heterocycles. The molecule has 1 aromatic carbocycles. The Bertz CT molecular complexity index is 332. The smallest absolute Gasteiger partial charge is 0.234 e. The van der Waals surface area contributed by atoms with Crippen molar-refractivity contribution in [1.82, 2.24) is 0 Å². The molecule has 70 valence electrons. The van der Waals surface area contributed by atoms with Gasteiger partial charge in [0.2, 0.25) is 5.91 Å². The molecule has 0 fully saturated rings. The van der Waals surface area contributed by atoms with Crippen molar-refractivity contribution in [1.29, 1.82) is 0 Å². The fourth-order valence-electron chi connectivity index (χ4n) is 0.790. The number of amides is 1. The zero-order valence-corrected chi connectivity index (χ0v) is 9.79. The Balaban J connectivity index is 2.89. The number of carbonyl (C=O) groups is 1. The molecule has 0 saturated carbocycles. The second-order valence-electron chi connectivity index (χ2n) is 2.31. The van der Waals surface area contributed by atoms with Gasteiger partial charge in [0, 0.05) is 0 Å². The number of hydrogen-bond acceptors (Lipinski definition) is 2. The molecule has 0 unspecified atom stereocenters. The molecule has 1 amide bonds. The molecule has 0 aliphatic carbocycles. The highest BCUT2D eigenvalue weighted by atomic mass is 79.9. The van der Waals surface area contributed by atoms with Gasteiger partial charge < -0.3 is 5.32 Å². The lowest BCUT2D eigenvalue weighted by atomic mass is 10.3. The molecule has 0 radical (unpaired) electrons. The lowest BCUT2D eigenvalue weighted by Gasteiger charge is -2.06. The molecule has 0 aromatic heterocycles. The molecule has 0 bridgehead atoms. The quantitative estimate of drug-likeness (QED) is 0.801. The fraction of sp³-hybridized carbons (Fsp3) is 0.125. The van der Waals surface area contributed by atoms with Gasteiger partial charge in [-0.3, -0.25) is 4.79 Å². The van der Waals surface area contributed by atoms with Crippen molar-refractivity contribution in [3.8, 4) is 0 Å². The van der Waals surface area contributed by atoms with Crippen LogP contribution in [0.1, 0.15) is 0 Å². The van der Waals surface area contributed by atoms with E-state index in [0.29, 0.717) is 15.2 Å². The van der Waals surface area contributed by atoms with Crippen LogP contribution in [0.15, 0.2) is 22.7 Å². The number of nitrogens with one attached hydrogen (secondary N) is 1. The van der Waals surface area contributed by atoms with Gasteiger partial charge in [-0.1, -0.05) is 17.7 Å². The zero-order valence-electron chi connectivity index (χ0n) is 6.55. The number of anilines is 1. The Hall–Kier alpha value is -0.190. The SMILES string of the molecule is O=C(CS)Nc1cccc(Cl)c1Br. The van der Waals surface area contributed by atoms with E-state index in [1.54, 1.807) is 18.2 Å². The van der Waals surface area contributed by atoms with E-state index >= 15 is 0 Å². The number of hydrogen-bond donors (Lipinski definition) is 2. The third-order valence-electron chi connectivity index (χ3n) is 1.37. The van der Waals surface area contributed by atoms with Crippen molar-refractivity contribution < 1.29 is 4.79 Å². The molecule has 0 saturated heterocycles. The van der Waals surface area contributed by atoms with Crippen LogP contribution in [0.2, 0.25) is 5.02 Å². The highest BCUT2D eigenvalue weighted by Crippen LogP contribution is 2.29. The number of halogens is 2. The summed E-state index contributed by atoms with van der Waals surface area (Å²) < 4.78 is 0.687. The van der Waals surface area contributed by atoms with Crippen LogP contribution in [0.25, 0.3) is 0 Å². The summed E-state index contributed by atoms with van der Waals surface area (Å²) in [6.07, 6.45) is 0. The minimum atomic E-state index is -0.161. The molecular weight excluding hydrogens is 274 g/mol. The normalized spacial score (nSPS) is 9.77. The van der Waals surface area contributed by atoms with E-state index in [1.165, 1.54) is 0 Å². The van der Waals surface area contributed by atoms with E-state index in [1.807, 2.05) is 0 Å². The summed E-state index contributed by atoms with van der Waals surface area (Å²) in [6.45, 7) is 0. The van der Waals surface area contributed by atoms with E-state index < -0.39 is 0 Å². The fourth-order valence-corrected chi connectivity index (χ4v) is 1.41. The highest BCUT2D eigenvalue weighted by molar-refractivity contribution is 9.10. The Morgan fingerprint density at radius 3 is 2.92 bits per heavy atom. The monoisotopic (exact) mass is 279 g/mol. The minimum absolute atomic E-state index is 0.152. The Kier molecular flexibility index (Phi) is 4.09. The van der Waals surface area contributed by atoms with Crippen molar-refractivity contribution in [2.75, 3.05) is 11.1 Å². The Morgan fingerprint density at radius 2 is 2.31 bits per heavy atom. The van der Waals surface area contributed by atoms with Gasteiger partial charge in [0.1, 0.15) is 0 Å². The molecule has 2 nitrogen and oxygen atoms in total. The zero-order chi connectivity index (χ0) is 9.84. The standard InChI is InChI=1S/C8H7BrClNOS/c9-8-5(10)2-1-3-6(8)11-7(12)4-13/h1-3,13H,4H2,(H,11,12). The van der Waals surface area contributed by atoms with Gasteiger partial charge in [-0.15, -0.1) is 0 Å². The summed E-state index contributed by atoms with van der Waals surface area (Å²) in [5.74, 6) is -0.00909. The van der Waals surface area contributed by atoms with Crippen LogP contribution in [0.3, 0.4) is 0 Å². The summed E-state index contributed by atoms with van der Waals surface area (Å²) in [4.78, 5) is 11.0. The first-order valence-electron chi connectivity index (χ1n) is 3.50. The molecule has 1 rings (SSSR count). The molecule has 0 aliphatic rings. The van der Waals surface area contributed by atoms with Crippen molar-refractivity contribution in [3.05, 3.63) is 27.7 Å². The predicted octanol–water partition coefficient (Wildman–Crippen LogP) is 2.97. The van der Waals surface area contributed by atoms with Gasteiger partial charge in [-0.2, -0.15) is 12.6 Å². The van der Waals surface area contributed by atoms with Crippen molar-refractivity contribution >= 4 is 51.8 Å². The molecular formula is C8H7BrClNOS. The van der Waals surface area contributed by atoms with Crippen molar-refractivity contribution in [3.63, 3.8) is 0 Å². The number of benzene rings is 1. The minimum Gasteiger partial charge on any atom is -0.324 e. The largest absolute Gasteiger partial charge is 0.324 e. The number of thiol groups is 1. The van der Waals surface area contributed by atoms with E-state index in [0.717, 1.165) is 0 Å². The molecule has 1 N–H and O–H groups in total. The topological polar surface area (TPSA) is 29.1 Å².